The number of benzene rings is 2. The molecule has 1 N–H and O–H groups in total. The van der Waals surface area contributed by atoms with E-state index in [1.807, 2.05) is 30.3 Å². The van der Waals surface area contributed by atoms with E-state index in [2.05, 4.69) is 5.32 Å². The second kappa shape index (κ2) is 12.8. The lowest BCUT2D eigenvalue weighted by molar-refractivity contribution is -0.141. The summed E-state index contributed by atoms with van der Waals surface area (Å²) in [5, 5.41) is 2.74. The summed E-state index contributed by atoms with van der Waals surface area (Å²) in [5.74, 6) is -0.638. The maximum Gasteiger partial charge on any atom is 0.416 e. The van der Waals surface area contributed by atoms with Gasteiger partial charge in [0, 0.05) is 26.1 Å². The monoisotopic (exact) mass is 527 g/mol. The van der Waals surface area contributed by atoms with Crippen LogP contribution in [-0.2, 0) is 32.3 Å². The molecule has 0 saturated carbocycles. The van der Waals surface area contributed by atoms with Gasteiger partial charge in [-0.15, -0.1) is 0 Å². The number of carbonyl (C=O) groups excluding carboxylic acids is 2. The Morgan fingerprint density at radius 3 is 2.25 bits per heavy atom. The molecule has 198 valence electrons. The first-order valence-corrected chi connectivity index (χ1v) is 13.5. The number of carbonyl (C=O) groups is 2. The highest BCUT2D eigenvalue weighted by Crippen LogP contribution is 2.32. The zero-order valence-corrected chi connectivity index (χ0v) is 21.4. The van der Waals surface area contributed by atoms with Crippen molar-refractivity contribution in [3.63, 3.8) is 0 Å². The fourth-order valence-electron chi connectivity index (χ4n) is 3.83. The number of amides is 2. The number of hydrogen-bond acceptors (Lipinski definition) is 4. The Bertz CT molecular complexity index is 1120. The van der Waals surface area contributed by atoms with Gasteiger partial charge in [-0.1, -0.05) is 43.3 Å². The van der Waals surface area contributed by atoms with Gasteiger partial charge >= 0.3 is 6.18 Å². The molecule has 2 aromatic carbocycles. The molecule has 7 nitrogen and oxygen atoms in total. The van der Waals surface area contributed by atoms with Crippen molar-refractivity contribution in [1.29, 1.82) is 0 Å². The summed E-state index contributed by atoms with van der Waals surface area (Å²) in [6.07, 6.45) is -3.38. The number of nitrogens with one attached hydrogen (secondary N) is 1. The Balaban J connectivity index is 2.22. The van der Waals surface area contributed by atoms with Gasteiger partial charge in [-0.3, -0.25) is 13.9 Å². The average Bonchev–Trinajstić information content (AvgIpc) is 2.81. The molecule has 1 unspecified atom stereocenters. The van der Waals surface area contributed by atoms with Crippen molar-refractivity contribution in [3.05, 3.63) is 65.7 Å². The van der Waals surface area contributed by atoms with E-state index in [4.69, 9.17) is 0 Å². The van der Waals surface area contributed by atoms with Crippen LogP contribution in [0.2, 0.25) is 0 Å². The van der Waals surface area contributed by atoms with Crippen LogP contribution in [-0.4, -0.2) is 50.5 Å². The van der Waals surface area contributed by atoms with Gasteiger partial charge in [-0.2, -0.15) is 13.2 Å². The Labute approximate surface area is 210 Å². The number of rotatable bonds is 12. The van der Waals surface area contributed by atoms with Crippen LogP contribution in [0.3, 0.4) is 0 Å². The van der Waals surface area contributed by atoms with Crippen LogP contribution in [0.25, 0.3) is 0 Å². The topological polar surface area (TPSA) is 86.8 Å². The van der Waals surface area contributed by atoms with Crippen molar-refractivity contribution in [2.75, 3.05) is 23.7 Å². The molecule has 0 bridgehead atoms. The Hall–Kier alpha value is -3.08. The number of hydrogen-bond donors (Lipinski definition) is 1. The first kappa shape index (κ1) is 29.2. The van der Waals surface area contributed by atoms with E-state index >= 15 is 0 Å². The largest absolute Gasteiger partial charge is 0.416 e. The van der Waals surface area contributed by atoms with E-state index in [1.165, 1.54) is 11.0 Å². The Kier molecular flexibility index (Phi) is 10.3. The van der Waals surface area contributed by atoms with E-state index in [9.17, 15) is 31.2 Å². The lowest BCUT2D eigenvalue weighted by Crippen LogP contribution is -2.49. The zero-order valence-electron chi connectivity index (χ0n) is 20.6. The van der Waals surface area contributed by atoms with Crippen LogP contribution >= 0.6 is 0 Å². The lowest BCUT2D eigenvalue weighted by atomic mass is 10.1. The second-order valence-corrected chi connectivity index (χ2v) is 10.2. The minimum Gasteiger partial charge on any atom is -0.355 e. The van der Waals surface area contributed by atoms with Crippen molar-refractivity contribution in [2.45, 2.75) is 51.9 Å². The SMILES string of the molecule is CCNC(=O)C(CC)N(Cc1ccccc1)C(=O)CCCN(c1cccc(C(F)(F)F)c1)S(C)(=O)=O. The van der Waals surface area contributed by atoms with E-state index in [-0.39, 0.29) is 43.4 Å². The molecule has 0 heterocycles. The summed E-state index contributed by atoms with van der Waals surface area (Å²) in [6, 6.07) is 12.5. The smallest absolute Gasteiger partial charge is 0.355 e. The summed E-state index contributed by atoms with van der Waals surface area (Å²) in [7, 11) is -3.91. The van der Waals surface area contributed by atoms with Gasteiger partial charge in [0.05, 0.1) is 17.5 Å². The lowest BCUT2D eigenvalue weighted by Gasteiger charge is -2.31. The van der Waals surface area contributed by atoms with Gasteiger partial charge in [-0.05, 0) is 43.5 Å². The normalized spacial score (nSPS) is 12.6. The third-order valence-electron chi connectivity index (χ3n) is 5.55. The molecule has 0 aliphatic heterocycles. The molecule has 0 aliphatic carbocycles. The predicted octanol–water partition coefficient (Wildman–Crippen LogP) is 4.20. The minimum atomic E-state index is -4.62. The van der Waals surface area contributed by atoms with Crippen molar-refractivity contribution in [3.8, 4) is 0 Å². The van der Waals surface area contributed by atoms with Gasteiger partial charge in [0.2, 0.25) is 21.8 Å². The van der Waals surface area contributed by atoms with Crippen LogP contribution < -0.4 is 9.62 Å². The Morgan fingerprint density at radius 1 is 1.03 bits per heavy atom. The highest BCUT2D eigenvalue weighted by Gasteiger charge is 2.32. The number of anilines is 1. The second-order valence-electron chi connectivity index (χ2n) is 8.31. The fourth-order valence-corrected chi connectivity index (χ4v) is 4.79. The van der Waals surface area contributed by atoms with Crippen LogP contribution in [0.5, 0.6) is 0 Å². The van der Waals surface area contributed by atoms with Crippen molar-refractivity contribution < 1.29 is 31.2 Å². The van der Waals surface area contributed by atoms with Gasteiger partial charge in [0.15, 0.2) is 0 Å². The standard InChI is InChI=1S/C25H32F3N3O4S/c1-4-22(24(33)29-5-2)30(18-19-11-7-6-8-12-19)23(32)15-10-16-31(36(3,34)35)21-14-9-13-20(17-21)25(26,27)28/h6-9,11-14,17,22H,4-5,10,15-16,18H2,1-3H3,(H,29,33). The molecule has 0 radical (unpaired) electrons. The minimum absolute atomic E-state index is 0.0548. The summed E-state index contributed by atoms with van der Waals surface area (Å²) in [4.78, 5) is 27.3. The molecule has 0 spiro atoms. The molecule has 0 aromatic heterocycles. The molecule has 2 amide bonds. The quantitative estimate of drug-likeness (QED) is 0.448. The van der Waals surface area contributed by atoms with Crippen LogP contribution in [0.15, 0.2) is 54.6 Å². The molecular weight excluding hydrogens is 495 g/mol. The van der Waals surface area contributed by atoms with Crippen LogP contribution in [0.4, 0.5) is 18.9 Å². The summed E-state index contributed by atoms with van der Waals surface area (Å²) < 4.78 is 65.0. The highest BCUT2D eigenvalue weighted by atomic mass is 32.2. The van der Waals surface area contributed by atoms with Crippen molar-refractivity contribution in [2.24, 2.45) is 0 Å². The summed E-state index contributed by atoms with van der Waals surface area (Å²) in [6.45, 7) is 3.98. The molecule has 2 rings (SSSR count). The first-order chi connectivity index (χ1) is 16.9. The maximum atomic E-state index is 13.2. The maximum absolute atomic E-state index is 13.2. The molecule has 0 fully saturated rings. The molecule has 2 aromatic rings. The number of alkyl halides is 3. The number of halogens is 3. The van der Waals surface area contributed by atoms with Gasteiger partial charge in [-0.25, -0.2) is 8.42 Å². The van der Waals surface area contributed by atoms with Crippen molar-refractivity contribution in [1.82, 2.24) is 10.2 Å². The van der Waals surface area contributed by atoms with E-state index in [0.717, 1.165) is 34.3 Å². The fraction of sp³-hybridized carbons (Fsp3) is 0.440. The van der Waals surface area contributed by atoms with Crippen LogP contribution in [0.1, 0.15) is 44.2 Å². The molecule has 1 atom stereocenters. The number of nitrogens with zero attached hydrogens (tertiary/aromatic N) is 2. The summed E-state index contributed by atoms with van der Waals surface area (Å²) in [5.41, 5.74) is -0.267. The van der Waals surface area contributed by atoms with Crippen LogP contribution in [0, 0.1) is 0 Å². The van der Waals surface area contributed by atoms with E-state index in [0.29, 0.717) is 13.0 Å². The molecule has 36 heavy (non-hydrogen) atoms. The summed E-state index contributed by atoms with van der Waals surface area (Å²) >= 11 is 0. The van der Waals surface area contributed by atoms with Crippen molar-refractivity contribution >= 4 is 27.5 Å². The van der Waals surface area contributed by atoms with Gasteiger partial charge in [0.1, 0.15) is 6.04 Å². The van der Waals surface area contributed by atoms with E-state index in [1.54, 1.807) is 13.8 Å². The molecular formula is C25H32F3N3O4S. The number of likely N-dealkylation sites (N-methyl/N-ethyl adjacent to an activating group) is 1. The molecule has 0 saturated heterocycles. The highest BCUT2D eigenvalue weighted by molar-refractivity contribution is 7.92. The average molecular weight is 528 g/mol. The van der Waals surface area contributed by atoms with Gasteiger partial charge < -0.3 is 10.2 Å². The third kappa shape index (κ3) is 8.25. The first-order valence-electron chi connectivity index (χ1n) is 11.6. The third-order valence-corrected chi connectivity index (χ3v) is 6.74. The zero-order chi connectivity index (χ0) is 26.9. The Morgan fingerprint density at radius 2 is 1.69 bits per heavy atom. The van der Waals surface area contributed by atoms with Gasteiger partial charge in [0.25, 0.3) is 0 Å². The molecule has 11 heteroatoms. The number of sulfonamides is 1. The predicted molar refractivity (Wildman–Crippen MR) is 133 cm³/mol. The molecule has 0 aliphatic rings. The van der Waals surface area contributed by atoms with E-state index < -0.39 is 27.8 Å².